The molecule has 2 heterocycles. The van der Waals surface area contributed by atoms with Gasteiger partial charge in [-0.2, -0.15) is 0 Å². The molecular formula is C17H20N4O2S. The lowest BCUT2D eigenvalue weighted by Gasteiger charge is -2.30. The van der Waals surface area contributed by atoms with Gasteiger partial charge in [0.15, 0.2) is 5.16 Å². The van der Waals surface area contributed by atoms with Gasteiger partial charge in [0, 0.05) is 24.8 Å². The first-order valence-corrected chi connectivity index (χ1v) is 8.71. The van der Waals surface area contributed by atoms with Crippen molar-refractivity contribution in [2.24, 2.45) is 0 Å². The fourth-order valence-electron chi connectivity index (χ4n) is 2.56. The van der Waals surface area contributed by atoms with Gasteiger partial charge in [-0.25, -0.2) is 9.97 Å². The topological polar surface area (TPSA) is 81.3 Å². The second-order valence-electron chi connectivity index (χ2n) is 5.56. The summed E-state index contributed by atoms with van der Waals surface area (Å²) in [6.45, 7) is 4.24. The third-order valence-corrected chi connectivity index (χ3v) is 4.83. The predicted octanol–water partition coefficient (Wildman–Crippen LogP) is 2.06. The lowest BCUT2D eigenvalue weighted by molar-refractivity contribution is -0.134. The van der Waals surface area contributed by atoms with E-state index in [1.165, 1.54) is 11.8 Å². The minimum absolute atomic E-state index is 0.0539. The number of hydrogen-bond acceptors (Lipinski definition) is 6. The maximum absolute atomic E-state index is 13.0. The molecule has 1 aromatic carbocycles. The molecule has 2 N–H and O–H groups in total. The summed E-state index contributed by atoms with van der Waals surface area (Å²) in [5.74, 6) is 0.466. The van der Waals surface area contributed by atoms with E-state index in [-0.39, 0.29) is 5.91 Å². The Morgan fingerprint density at radius 3 is 2.62 bits per heavy atom. The lowest BCUT2D eigenvalue weighted by atomic mass is 10.1. The molecule has 3 rings (SSSR count). The van der Waals surface area contributed by atoms with Crippen LogP contribution in [-0.2, 0) is 9.53 Å². The number of aryl methyl sites for hydroxylation is 1. The maximum atomic E-state index is 13.0. The Morgan fingerprint density at radius 1 is 1.25 bits per heavy atom. The van der Waals surface area contributed by atoms with E-state index in [1.807, 2.05) is 42.2 Å². The van der Waals surface area contributed by atoms with E-state index >= 15 is 0 Å². The Bertz CT molecular complexity index is 685. The number of ether oxygens (including phenoxy) is 1. The molecule has 0 saturated carbocycles. The summed E-state index contributed by atoms with van der Waals surface area (Å²) in [7, 11) is 0. The molecule has 1 saturated heterocycles. The molecule has 6 nitrogen and oxygen atoms in total. The van der Waals surface area contributed by atoms with E-state index in [9.17, 15) is 4.79 Å². The minimum Gasteiger partial charge on any atom is -0.384 e. The van der Waals surface area contributed by atoms with Crippen LogP contribution in [-0.4, -0.2) is 47.1 Å². The molecule has 24 heavy (non-hydrogen) atoms. The van der Waals surface area contributed by atoms with Crippen molar-refractivity contribution in [2.75, 3.05) is 32.0 Å². The highest BCUT2D eigenvalue weighted by atomic mass is 32.2. The van der Waals surface area contributed by atoms with Crippen molar-refractivity contribution in [1.29, 1.82) is 0 Å². The van der Waals surface area contributed by atoms with Crippen molar-refractivity contribution in [3.8, 4) is 0 Å². The van der Waals surface area contributed by atoms with Crippen LogP contribution in [0.1, 0.15) is 16.5 Å². The summed E-state index contributed by atoms with van der Waals surface area (Å²) in [5, 5.41) is 0.119. The van der Waals surface area contributed by atoms with Gasteiger partial charge in [-0.05, 0) is 12.5 Å². The molecule has 1 aromatic heterocycles. The predicted molar refractivity (Wildman–Crippen MR) is 93.6 cm³/mol. The van der Waals surface area contributed by atoms with E-state index in [1.54, 1.807) is 6.07 Å². The van der Waals surface area contributed by atoms with Crippen molar-refractivity contribution < 1.29 is 9.53 Å². The number of morpholine rings is 1. The van der Waals surface area contributed by atoms with Crippen LogP contribution in [0.5, 0.6) is 0 Å². The number of amides is 1. The molecule has 7 heteroatoms. The number of nitrogens with two attached hydrogens (primary N) is 1. The SMILES string of the molecule is Cc1cc(N)nc(SC(C(=O)N2CCOCC2)c2ccccc2)n1. The lowest BCUT2D eigenvalue weighted by Crippen LogP contribution is -2.42. The van der Waals surface area contributed by atoms with Gasteiger partial charge in [0.25, 0.3) is 0 Å². The Labute approximate surface area is 145 Å². The average Bonchev–Trinajstić information content (AvgIpc) is 2.60. The third-order valence-electron chi connectivity index (χ3n) is 3.73. The summed E-state index contributed by atoms with van der Waals surface area (Å²) < 4.78 is 5.34. The highest BCUT2D eigenvalue weighted by Gasteiger charge is 2.29. The molecule has 2 aromatic rings. The molecule has 0 radical (unpaired) electrons. The van der Waals surface area contributed by atoms with Crippen LogP contribution < -0.4 is 5.73 Å². The Balaban J connectivity index is 1.88. The molecule has 0 spiro atoms. The van der Waals surface area contributed by atoms with Crippen molar-refractivity contribution in [3.05, 3.63) is 47.7 Å². The number of hydrogen-bond donors (Lipinski definition) is 1. The first-order chi connectivity index (χ1) is 11.6. The quantitative estimate of drug-likeness (QED) is 0.675. The van der Waals surface area contributed by atoms with Gasteiger partial charge in [-0.1, -0.05) is 42.1 Å². The van der Waals surface area contributed by atoms with E-state index in [0.717, 1.165) is 11.3 Å². The van der Waals surface area contributed by atoms with Crippen molar-refractivity contribution in [1.82, 2.24) is 14.9 Å². The van der Waals surface area contributed by atoms with Crippen molar-refractivity contribution in [2.45, 2.75) is 17.3 Å². The third kappa shape index (κ3) is 4.04. The molecule has 1 aliphatic rings. The number of thioether (sulfide) groups is 1. The van der Waals surface area contributed by atoms with Gasteiger partial charge in [-0.15, -0.1) is 0 Å². The van der Waals surface area contributed by atoms with Gasteiger partial charge in [0.2, 0.25) is 5.91 Å². The number of carbonyl (C=O) groups excluding carboxylic acids is 1. The fourth-order valence-corrected chi connectivity index (χ4v) is 3.67. The number of anilines is 1. The van der Waals surface area contributed by atoms with Crippen LogP contribution in [0.3, 0.4) is 0 Å². The molecule has 1 fully saturated rings. The highest BCUT2D eigenvalue weighted by molar-refractivity contribution is 8.00. The van der Waals surface area contributed by atoms with Gasteiger partial charge in [0.1, 0.15) is 11.1 Å². The van der Waals surface area contributed by atoms with E-state index in [0.29, 0.717) is 37.3 Å². The highest BCUT2D eigenvalue weighted by Crippen LogP contribution is 2.35. The van der Waals surface area contributed by atoms with Crippen LogP contribution in [0, 0.1) is 6.92 Å². The zero-order chi connectivity index (χ0) is 16.9. The number of rotatable bonds is 4. The molecule has 1 aliphatic heterocycles. The minimum atomic E-state index is -0.398. The Hall–Kier alpha value is -2.12. The van der Waals surface area contributed by atoms with Crippen LogP contribution >= 0.6 is 11.8 Å². The van der Waals surface area contributed by atoms with Crippen molar-refractivity contribution in [3.63, 3.8) is 0 Å². The monoisotopic (exact) mass is 344 g/mol. The summed E-state index contributed by atoms with van der Waals surface area (Å²) in [4.78, 5) is 23.5. The zero-order valence-electron chi connectivity index (χ0n) is 13.5. The van der Waals surface area contributed by atoms with Crippen molar-refractivity contribution >= 4 is 23.5 Å². The molecule has 1 unspecified atom stereocenters. The average molecular weight is 344 g/mol. The normalized spacial score (nSPS) is 16.0. The van der Waals surface area contributed by atoms with E-state index in [2.05, 4.69) is 9.97 Å². The van der Waals surface area contributed by atoms with Crippen LogP contribution in [0.15, 0.2) is 41.6 Å². The number of nitrogen functional groups attached to an aromatic ring is 1. The summed E-state index contributed by atoms with van der Waals surface area (Å²) in [5.41, 5.74) is 7.54. The Kier molecular flexibility index (Phi) is 5.32. The number of carbonyl (C=O) groups is 1. The molecular weight excluding hydrogens is 324 g/mol. The van der Waals surface area contributed by atoms with E-state index < -0.39 is 5.25 Å². The van der Waals surface area contributed by atoms with Gasteiger partial charge in [0.05, 0.1) is 13.2 Å². The zero-order valence-corrected chi connectivity index (χ0v) is 14.3. The van der Waals surface area contributed by atoms with Crippen LogP contribution in [0.2, 0.25) is 0 Å². The molecule has 0 aliphatic carbocycles. The number of nitrogens with zero attached hydrogens (tertiary/aromatic N) is 3. The molecule has 1 atom stereocenters. The second-order valence-corrected chi connectivity index (χ2v) is 6.64. The van der Waals surface area contributed by atoms with Gasteiger partial charge >= 0.3 is 0 Å². The Morgan fingerprint density at radius 2 is 1.96 bits per heavy atom. The number of aromatic nitrogens is 2. The summed E-state index contributed by atoms with van der Waals surface area (Å²) in [6, 6.07) is 11.4. The van der Waals surface area contributed by atoms with Gasteiger partial charge in [-0.3, -0.25) is 4.79 Å². The van der Waals surface area contributed by atoms with Crippen LogP contribution in [0.4, 0.5) is 5.82 Å². The first kappa shape index (κ1) is 16.7. The van der Waals surface area contributed by atoms with E-state index in [4.69, 9.17) is 10.5 Å². The number of benzene rings is 1. The smallest absolute Gasteiger partial charge is 0.240 e. The second kappa shape index (κ2) is 7.63. The first-order valence-electron chi connectivity index (χ1n) is 7.83. The summed E-state index contributed by atoms with van der Waals surface area (Å²) in [6.07, 6.45) is 0. The largest absolute Gasteiger partial charge is 0.384 e. The van der Waals surface area contributed by atoms with Gasteiger partial charge < -0.3 is 15.4 Å². The molecule has 1 amide bonds. The fraction of sp³-hybridized carbons (Fsp3) is 0.353. The maximum Gasteiger partial charge on any atom is 0.240 e. The summed E-state index contributed by atoms with van der Waals surface area (Å²) >= 11 is 1.34. The molecule has 0 bridgehead atoms. The standard InChI is InChI=1S/C17H20N4O2S/c1-12-11-14(18)20-17(19-12)24-15(13-5-3-2-4-6-13)16(22)21-7-9-23-10-8-21/h2-6,11,15H,7-10H2,1H3,(H2,18,19,20). The molecule has 126 valence electrons. The van der Waals surface area contributed by atoms with Crippen LogP contribution in [0.25, 0.3) is 0 Å².